The summed E-state index contributed by atoms with van der Waals surface area (Å²) in [5.41, 5.74) is 2.00. The fourth-order valence-electron chi connectivity index (χ4n) is 2.72. The zero-order valence-corrected chi connectivity index (χ0v) is 13.4. The average Bonchev–Trinajstić information content (AvgIpc) is 3.09. The van der Waals surface area contributed by atoms with E-state index in [1.54, 1.807) is 0 Å². The molecule has 0 aliphatic carbocycles. The van der Waals surface area contributed by atoms with Crippen molar-refractivity contribution in [1.29, 1.82) is 0 Å². The van der Waals surface area contributed by atoms with E-state index in [-0.39, 0.29) is 16.3 Å². The molecule has 2 aromatic rings. The number of carbonyl (C=O) groups is 3. The first-order valence-electron chi connectivity index (χ1n) is 7.24. The highest BCUT2D eigenvalue weighted by molar-refractivity contribution is 8.26. The predicted molar refractivity (Wildman–Crippen MR) is 87.2 cm³/mol. The van der Waals surface area contributed by atoms with E-state index in [1.807, 2.05) is 35.0 Å². The van der Waals surface area contributed by atoms with Crippen molar-refractivity contribution in [1.82, 2.24) is 9.88 Å². The van der Waals surface area contributed by atoms with Crippen molar-refractivity contribution >= 4 is 39.0 Å². The van der Waals surface area contributed by atoms with Crippen molar-refractivity contribution in [2.75, 3.05) is 7.11 Å². The van der Waals surface area contributed by atoms with Crippen LogP contribution in [0.3, 0.4) is 0 Å². The minimum atomic E-state index is -0.475. The van der Waals surface area contributed by atoms with Crippen molar-refractivity contribution in [3.8, 4) is 0 Å². The van der Waals surface area contributed by atoms with Gasteiger partial charge in [-0.2, -0.15) is 0 Å². The van der Waals surface area contributed by atoms with Gasteiger partial charge in [0.05, 0.1) is 13.5 Å². The summed E-state index contributed by atoms with van der Waals surface area (Å²) in [6, 6.07) is 7.34. The second-order valence-electron chi connectivity index (χ2n) is 5.29. The van der Waals surface area contributed by atoms with E-state index >= 15 is 0 Å². The first-order valence-corrected chi connectivity index (χ1v) is 8.06. The van der Waals surface area contributed by atoms with Crippen molar-refractivity contribution in [3.05, 3.63) is 36.0 Å². The summed E-state index contributed by atoms with van der Waals surface area (Å²) >= 11 is 0.727. The smallest absolute Gasteiger partial charge is 0.307 e. The highest BCUT2D eigenvalue weighted by atomic mass is 32.2. The van der Waals surface area contributed by atoms with Gasteiger partial charge in [-0.1, -0.05) is 12.1 Å². The molecule has 1 unspecified atom stereocenters. The number of rotatable bonds is 5. The third kappa shape index (κ3) is 3.24. The molecule has 120 valence electrons. The molecular weight excluding hydrogens is 316 g/mol. The Morgan fingerprint density at radius 3 is 2.87 bits per heavy atom. The number of aryl methyl sites for hydroxylation is 1. The van der Waals surface area contributed by atoms with Crippen LogP contribution in [0.25, 0.3) is 10.9 Å². The van der Waals surface area contributed by atoms with Gasteiger partial charge in [0, 0.05) is 41.8 Å². The molecule has 23 heavy (non-hydrogen) atoms. The number of methoxy groups -OCH3 is 1. The molecule has 0 spiro atoms. The molecule has 6 nitrogen and oxygen atoms in total. The van der Waals surface area contributed by atoms with E-state index in [2.05, 4.69) is 10.1 Å². The van der Waals surface area contributed by atoms with Crippen LogP contribution in [0.15, 0.2) is 30.5 Å². The third-order valence-corrected chi connectivity index (χ3v) is 4.67. The Bertz CT molecular complexity index is 783. The van der Waals surface area contributed by atoms with Crippen molar-refractivity contribution in [2.24, 2.45) is 0 Å². The summed E-state index contributed by atoms with van der Waals surface area (Å²) in [5.74, 6) is -0.251. The molecule has 0 saturated carbocycles. The lowest BCUT2D eigenvalue weighted by atomic mass is 10.0. The Labute approximate surface area is 137 Å². The van der Waals surface area contributed by atoms with E-state index in [0.29, 0.717) is 19.4 Å². The zero-order valence-electron chi connectivity index (χ0n) is 12.6. The molecule has 3 rings (SSSR count). The van der Waals surface area contributed by atoms with E-state index in [4.69, 9.17) is 0 Å². The molecular formula is C16H16N2O4S. The Morgan fingerprint density at radius 1 is 1.35 bits per heavy atom. The Hall–Kier alpha value is -2.28. The van der Waals surface area contributed by atoms with E-state index in [1.165, 1.54) is 7.11 Å². The second kappa shape index (κ2) is 6.45. The minimum Gasteiger partial charge on any atom is -0.469 e. The van der Waals surface area contributed by atoms with Crippen LogP contribution in [0, 0.1) is 0 Å². The number of nitrogens with zero attached hydrogens (tertiary/aromatic N) is 1. The lowest BCUT2D eigenvalue weighted by molar-refractivity contribution is -0.140. The summed E-state index contributed by atoms with van der Waals surface area (Å²) in [7, 11) is 1.37. The number of benzene rings is 1. The standard InChI is InChI=1S/C16H16N2O4S/c1-22-14(19)6-8-18-7-5-11-10(3-2-4-13(11)18)9-12-15(20)23-16(21)17-12/h2-5,7,12H,6,8-9H2,1H3,(H,17,21). The number of esters is 1. The van der Waals surface area contributed by atoms with Gasteiger partial charge >= 0.3 is 5.97 Å². The van der Waals surface area contributed by atoms with E-state index in [0.717, 1.165) is 28.2 Å². The second-order valence-corrected chi connectivity index (χ2v) is 6.27. The maximum Gasteiger partial charge on any atom is 0.307 e. The fraction of sp³-hybridized carbons (Fsp3) is 0.312. The summed E-state index contributed by atoms with van der Waals surface area (Å²) in [6.07, 6.45) is 2.69. The predicted octanol–water partition coefficient (Wildman–Crippen LogP) is 2.10. The summed E-state index contributed by atoms with van der Waals surface area (Å²) < 4.78 is 6.65. The number of fused-ring (bicyclic) bond motifs is 1. The van der Waals surface area contributed by atoms with Crippen molar-refractivity contribution in [3.63, 3.8) is 0 Å². The number of ether oxygens (including phenoxy) is 1. The molecule has 1 aromatic heterocycles. The van der Waals surface area contributed by atoms with E-state index in [9.17, 15) is 14.4 Å². The molecule has 1 aliphatic heterocycles. The van der Waals surface area contributed by atoms with Gasteiger partial charge < -0.3 is 14.6 Å². The van der Waals surface area contributed by atoms with Gasteiger partial charge in [0.2, 0.25) is 5.12 Å². The molecule has 1 fully saturated rings. The number of aromatic nitrogens is 1. The number of thioether (sulfide) groups is 1. The maximum atomic E-state index is 11.8. The molecule has 1 aliphatic rings. The Kier molecular flexibility index (Phi) is 4.38. The number of amides is 1. The highest BCUT2D eigenvalue weighted by Crippen LogP contribution is 2.25. The molecule has 1 aromatic carbocycles. The van der Waals surface area contributed by atoms with Gasteiger partial charge in [-0.05, 0) is 17.7 Å². The molecule has 1 atom stereocenters. The minimum absolute atomic E-state index is 0.142. The number of carbonyl (C=O) groups excluding carboxylic acids is 3. The van der Waals surface area contributed by atoms with Crippen LogP contribution in [-0.2, 0) is 27.3 Å². The van der Waals surface area contributed by atoms with Crippen molar-refractivity contribution < 1.29 is 19.1 Å². The largest absolute Gasteiger partial charge is 0.469 e. The molecule has 0 bridgehead atoms. The molecule has 1 saturated heterocycles. The van der Waals surface area contributed by atoms with Gasteiger partial charge in [-0.25, -0.2) is 0 Å². The van der Waals surface area contributed by atoms with Crippen LogP contribution in [0.2, 0.25) is 0 Å². The Balaban J connectivity index is 1.82. The summed E-state index contributed by atoms with van der Waals surface area (Å²) in [4.78, 5) is 34.3. The normalized spacial score (nSPS) is 17.5. The SMILES string of the molecule is COC(=O)CCn1ccc2c(CC3NC(=O)SC3=O)cccc21. The number of hydrogen-bond acceptors (Lipinski definition) is 5. The van der Waals surface area contributed by atoms with Crippen LogP contribution >= 0.6 is 11.8 Å². The highest BCUT2D eigenvalue weighted by Gasteiger charge is 2.31. The van der Waals surface area contributed by atoms with Crippen LogP contribution in [0.5, 0.6) is 0 Å². The summed E-state index contributed by atoms with van der Waals surface area (Å²) in [6.45, 7) is 0.536. The van der Waals surface area contributed by atoms with Gasteiger partial charge in [0.25, 0.3) is 5.24 Å². The molecule has 7 heteroatoms. The monoisotopic (exact) mass is 332 g/mol. The third-order valence-electron chi connectivity index (χ3n) is 3.88. The molecule has 2 heterocycles. The van der Waals surface area contributed by atoms with Crippen LogP contribution in [-0.4, -0.2) is 34.0 Å². The lowest BCUT2D eigenvalue weighted by Crippen LogP contribution is -2.30. The molecule has 0 radical (unpaired) electrons. The first-order chi connectivity index (χ1) is 11.1. The quantitative estimate of drug-likeness (QED) is 0.849. The topological polar surface area (TPSA) is 77.4 Å². The number of nitrogens with one attached hydrogen (secondary N) is 1. The first kappa shape index (κ1) is 15.6. The maximum absolute atomic E-state index is 11.8. The molecule has 1 amide bonds. The Morgan fingerprint density at radius 2 is 2.17 bits per heavy atom. The van der Waals surface area contributed by atoms with E-state index < -0.39 is 6.04 Å². The number of hydrogen-bond donors (Lipinski definition) is 1. The average molecular weight is 332 g/mol. The summed E-state index contributed by atoms with van der Waals surface area (Å²) in [5, 5.41) is 3.27. The van der Waals surface area contributed by atoms with Gasteiger partial charge in [-0.3, -0.25) is 14.4 Å². The zero-order chi connectivity index (χ0) is 16.4. The van der Waals surface area contributed by atoms with Crippen molar-refractivity contribution in [2.45, 2.75) is 25.4 Å². The van der Waals surface area contributed by atoms with Gasteiger partial charge in [0.1, 0.15) is 6.04 Å². The van der Waals surface area contributed by atoms with Gasteiger partial charge in [-0.15, -0.1) is 0 Å². The fourth-order valence-corrected chi connectivity index (χ4v) is 3.39. The van der Waals surface area contributed by atoms with Crippen LogP contribution in [0.1, 0.15) is 12.0 Å². The van der Waals surface area contributed by atoms with Gasteiger partial charge in [0.15, 0.2) is 0 Å². The molecule has 1 N–H and O–H groups in total. The lowest BCUT2D eigenvalue weighted by Gasteiger charge is -2.10. The van der Waals surface area contributed by atoms with Crippen LogP contribution in [0.4, 0.5) is 4.79 Å². The van der Waals surface area contributed by atoms with Crippen LogP contribution < -0.4 is 5.32 Å².